The Morgan fingerprint density at radius 3 is 3.11 bits per heavy atom. The van der Waals surface area contributed by atoms with Crippen LogP contribution < -0.4 is 10.5 Å². The van der Waals surface area contributed by atoms with E-state index in [0.717, 1.165) is 41.3 Å². The Morgan fingerprint density at radius 2 is 2.33 bits per heavy atom. The number of benzene rings is 1. The van der Waals surface area contributed by atoms with E-state index in [4.69, 9.17) is 10.5 Å². The molecule has 1 aliphatic rings. The van der Waals surface area contributed by atoms with Crippen molar-refractivity contribution in [2.24, 2.45) is 5.73 Å². The lowest BCUT2D eigenvalue weighted by Crippen LogP contribution is -2.17. The van der Waals surface area contributed by atoms with Crippen LogP contribution in [0.4, 0.5) is 0 Å². The Hall–Kier alpha value is -1.39. The zero-order valence-electron chi connectivity index (χ0n) is 10.3. The number of rotatable bonds is 2. The molecular formula is C14H16N2OS. The minimum absolute atomic E-state index is 0.134. The SMILES string of the molecule is Cc1ncsc1C(N)c1cccc2c1OCCC2. The normalized spacial score (nSPS) is 15.9. The maximum absolute atomic E-state index is 6.38. The van der Waals surface area contributed by atoms with Gasteiger partial charge in [-0.1, -0.05) is 18.2 Å². The predicted molar refractivity (Wildman–Crippen MR) is 73.1 cm³/mol. The topological polar surface area (TPSA) is 48.1 Å². The highest BCUT2D eigenvalue weighted by atomic mass is 32.1. The Labute approximate surface area is 111 Å². The average Bonchev–Trinajstić information content (AvgIpc) is 2.83. The second-order valence-electron chi connectivity index (χ2n) is 4.57. The molecule has 18 heavy (non-hydrogen) atoms. The molecular weight excluding hydrogens is 244 g/mol. The molecule has 1 aliphatic heterocycles. The molecule has 1 aromatic carbocycles. The summed E-state index contributed by atoms with van der Waals surface area (Å²) >= 11 is 1.61. The fraction of sp³-hybridized carbons (Fsp3) is 0.357. The van der Waals surface area contributed by atoms with Gasteiger partial charge in [-0.05, 0) is 25.3 Å². The van der Waals surface area contributed by atoms with Crippen LogP contribution in [-0.4, -0.2) is 11.6 Å². The highest BCUT2D eigenvalue weighted by Gasteiger charge is 2.21. The molecule has 0 radical (unpaired) electrons. The summed E-state index contributed by atoms with van der Waals surface area (Å²) < 4.78 is 5.82. The zero-order valence-corrected chi connectivity index (χ0v) is 11.2. The van der Waals surface area contributed by atoms with Gasteiger partial charge in [-0.25, -0.2) is 4.98 Å². The van der Waals surface area contributed by atoms with Crippen molar-refractivity contribution < 1.29 is 4.74 Å². The maximum atomic E-state index is 6.38. The first kappa shape index (κ1) is 11.7. The number of para-hydroxylation sites is 1. The Balaban J connectivity index is 2.04. The molecule has 1 atom stereocenters. The monoisotopic (exact) mass is 260 g/mol. The third-order valence-corrected chi connectivity index (χ3v) is 4.38. The minimum Gasteiger partial charge on any atom is -0.493 e. The van der Waals surface area contributed by atoms with Crippen LogP contribution in [0.2, 0.25) is 0 Å². The van der Waals surface area contributed by atoms with E-state index in [1.807, 2.05) is 12.4 Å². The second-order valence-corrected chi connectivity index (χ2v) is 5.45. The predicted octanol–water partition coefficient (Wildman–Crippen LogP) is 2.82. The molecule has 3 rings (SSSR count). The number of aryl methyl sites for hydroxylation is 2. The van der Waals surface area contributed by atoms with Crippen molar-refractivity contribution in [3.8, 4) is 5.75 Å². The third kappa shape index (κ3) is 1.91. The van der Waals surface area contributed by atoms with Gasteiger partial charge in [0, 0.05) is 10.4 Å². The first-order valence-corrected chi connectivity index (χ1v) is 7.05. The van der Waals surface area contributed by atoms with Crippen LogP contribution in [0.3, 0.4) is 0 Å². The number of aromatic nitrogens is 1. The van der Waals surface area contributed by atoms with Gasteiger partial charge in [-0.3, -0.25) is 0 Å². The number of hydrogen-bond acceptors (Lipinski definition) is 4. The van der Waals surface area contributed by atoms with E-state index < -0.39 is 0 Å². The van der Waals surface area contributed by atoms with Crippen LogP contribution in [0.25, 0.3) is 0 Å². The van der Waals surface area contributed by atoms with Gasteiger partial charge in [0.1, 0.15) is 5.75 Å². The fourth-order valence-corrected chi connectivity index (χ4v) is 3.23. The highest BCUT2D eigenvalue weighted by molar-refractivity contribution is 7.09. The summed E-state index contributed by atoms with van der Waals surface area (Å²) in [6, 6.07) is 6.13. The van der Waals surface area contributed by atoms with Gasteiger partial charge >= 0.3 is 0 Å². The first-order chi connectivity index (χ1) is 8.77. The van der Waals surface area contributed by atoms with E-state index in [0.29, 0.717) is 0 Å². The highest BCUT2D eigenvalue weighted by Crippen LogP contribution is 2.36. The van der Waals surface area contributed by atoms with Gasteiger partial charge in [0.2, 0.25) is 0 Å². The zero-order chi connectivity index (χ0) is 12.5. The Morgan fingerprint density at radius 1 is 1.44 bits per heavy atom. The van der Waals surface area contributed by atoms with Crippen molar-refractivity contribution >= 4 is 11.3 Å². The lowest BCUT2D eigenvalue weighted by Gasteiger charge is -2.23. The minimum atomic E-state index is -0.134. The largest absolute Gasteiger partial charge is 0.493 e. The van der Waals surface area contributed by atoms with Gasteiger partial charge in [-0.15, -0.1) is 11.3 Å². The third-order valence-electron chi connectivity index (χ3n) is 3.36. The average molecular weight is 260 g/mol. The molecule has 1 aromatic heterocycles. The van der Waals surface area contributed by atoms with Crippen molar-refractivity contribution in [1.82, 2.24) is 4.98 Å². The van der Waals surface area contributed by atoms with Gasteiger partial charge < -0.3 is 10.5 Å². The molecule has 2 heterocycles. The molecule has 4 heteroatoms. The molecule has 0 bridgehead atoms. The lowest BCUT2D eigenvalue weighted by atomic mass is 9.97. The van der Waals surface area contributed by atoms with E-state index in [9.17, 15) is 0 Å². The van der Waals surface area contributed by atoms with Crippen molar-refractivity contribution in [2.75, 3.05) is 6.61 Å². The number of ether oxygens (including phenoxy) is 1. The van der Waals surface area contributed by atoms with Crippen molar-refractivity contribution in [3.63, 3.8) is 0 Å². The van der Waals surface area contributed by atoms with Gasteiger partial charge in [0.25, 0.3) is 0 Å². The fourth-order valence-electron chi connectivity index (χ4n) is 2.41. The summed E-state index contributed by atoms with van der Waals surface area (Å²) in [7, 11) is 0. The number of thiazole rings is 1. The van der Waals surface area contributed by atoms with Crippen LogP contribution >= 0.6 is 11.3 Å². The van der Waals surface area contributed by atoms with Gasteiger partial charge in [0.15, 0.2) is 0 Å². The maximum Gasteiger partial charge on any atom is 0.127 e. The van der Waals surface area contributed by atoms with E-state index in [1.54, 1.807) is 11.3 Å². The van der Waals surface area contributed by atoms with Crippen LogP contribution in [-0.2, 0) is 6.42 Å². The smallest absolute Gasteiger partial charge is 0.127 e. The van der Waals surface area contributed by atoms with Crippen LogP contribution in [0, 0.1) is 6.92 Å². The van der Waals surface area contributed by atoms with E-state index in [-0.39, 0.29) is 6.04 Å². The van der Waals surface area contributed by atoms with Crippen molar-refractivity contribution in [1.29, 1.82) is 0 Å². The van der Waals surface area contributed by atoms with E-state index >= 15 is 0 Å². The number of fused-ring (bicyclic) bond motifs is 1. The van der Waals surface area contributed by atoms with Crippen LogP contribution in [0.5, 0.6) is 5.75 Å². The molecule has 0 saturated carbocycles. The molecule has 94 valence electrons. The number of hydrogen-bond donors (Lipinski definition) is 1. The quantitative estimate of drug-likeness (QED) is 0.903. The standard InChI is InChI=1S/C14H16N2OS/c1-9-14(18-8-16-9)12(15)11-6-2-4-10-5-3-7-17-13(10)11/h2,4,6,8,12H,3,5,7,15H2,1H3. The first-order valence-electron chi connectivity index (χ1n) is 6.17. The van der Waals surface area contributed by atoms with Gasteiger partial charge in [-0.2, -0.15) is 0 Å². The number of nitrogens with two attached hydrogens (primary N) is 1. The summed E-state index contributed by atoms with van der Waals surface area (Å²) in [6.07, 6.45) is 2.17. The summed E-state index contributed by atoms with van der Waals surface area (Å²) in [4.78, 5) is 5.40. The number of nitrogens with zero attached hydrogens (tertiary/aromatic N) is 1. The summed E-state index contributed by atoms with van der Waals surface area (Å²) in [5, 5.41) is 0. The summed E-state index contributed by atoms with van der Waals surface area (Å²) in [5.41, 5.74) is 11.6. The van der Waals surface area contributed by atoms with Gasteiger partial charge in [0.05, 0.1) is 23.9 Å². The van der Waals surface area contributed by atoms with Crippen molar-refractivity contribution in [2.45, 2.75) is 25.8 Å². The second kappa shape index (κ2) is 4.71. The van der Waals surface area contributed by atoms with Crippen molar-refractivity contribution in [3.05, 3.63) is 45.4 Å². The molecule has 1 unspecified atom stereocenters. The molecule has 0 spiro atoms. The molecule has 2 aromatic rings. The summed E-state index contributed by atoms with van der Waals surface area (Å²) in [5.74, 6) is 0.990. The Bertz CT molecular complexity index is 565. The van der Waals surface area contributed by atoms with Crippen LogP contribution in [0.1, 0.15) is 34.2 Å². The lowest BCUT2D eigenvalue weighted by molar-refractivity contribution is 0.284. The summed E-state index contributed by atoms with van der Waals surface area (Å²) in [6.45, 7) is 2.79. The van der Waals surface area contributed by atoms with E-state index in [1.165, 1.54) is 5.56 Å². The Kier molecular flexibility index (Phi) is 3.06. The molecule has 3 nitrogen and oxygen atoms in total. The molecule has 2 N–H and O–H groups in total. The van der Waals surface area contributed by atoms with E-state index in [2.05, 4.69) is 23.2 Å². The molecule has 0 amide bonds. The molecule has 0 saturated heterocycles. The van der Waals surface area contributed by atoms with Crippen LogP contribution in [0.15, 0.2) is 23.7 Å². The molecule has 0 aliphatic carbocycles. The molecule has 0 fully saturated rings.